The Morgan fingerprint density at radius 3 is 1.47 bits per heavy atom. The molecular formula is C15H28O4. The van der Waals surface area contributed by atoms with Gasteiger partial charge in [-0.05, 0) is 12.8 Å². The Morgan fingerprint density at radius 1 is 0.895 bits per heavy atom. The molecular weight excluding hydrogens is 244 g/mol. The number of esters is 2. The molecule has 0 aromatic rings. The van der Waals surface area contributed by atoms with E-state index in [2.05, 4.69) is 0 Å². The fraction of sp³-hybridized carbons (Fsp3) is 0.867. The minimum absolute atomic E-state index is 0.0848. The number of rotatable bonds is 8. The van der Waals surface area contributed by atoms with Gasteiger partial charge in [-0.2, -0.15) is 0 Å². The molecule has 0 fully saturated rings. The molecule has 0 amide bonds. The fourth-order valence-electron chi connectivity index (χ4n) is 1.19. The average Bonchev–Trinajstić information content (AvgIpc) is 2.40. The third-order valence-corrected chi connectivity index (χ3v) is 3.24. The standard InChI is InChI=1S/C15H28O4/c1-7-11(3)13(16)18-9-15(5,6)10-19-14(17)12(4)8-2/h11-12H,7-10H2,1-6H3. The Hall–Kier alpha value is -1.06. The second-order valence-corrected chi connectivity index (χ2v) is 6.00. The third-order valence-electron chi connectivity index (χ3n) is 3.24. The highest BCUT2D eigenvalue weighted by atomic mass is 16.5. The van der Waals surface area contributed by atoms with Gasteiger partial charge in [-0.15, -0.1) is 0 Å². The molecule has 0 saturated carbocycles. The van der Waals surface area contributed by atoms with Gasteiger partial charge in [0.2, 0.25) is 0 Å². The number of carbonyl (C=O) groups excluding carboxylic acids is 2. The van der Waals surface area contributed by atoms with Gasteiger partial charge in [-0.1, -0.05) is 41.5 Å². The van der Waals surface area contributed by atoms with Crippen LogP contribution in [-0.4, -0.2) is 25.2 Å². The van der Waals surface area contributed by atoms with E-state index in [-0.39, 0.29) is 42.4 Å². The summed E-state index contributed by atoms with van der Waals surface area (Å²) in [5, 5.41) is 0. The molecule has 19 heavy (non-hydrogen) atoms. The van der Waals surface area contributed by atoms with Gasteiger partial charge in [-0.3, -0.25) is 9.59 Å². The fourth-order valence-corrected chi connectivity index (χ4v) is 1.19. The summed E-state index contributed by atoms with van der Waals surface area (Å²) in [4.78, 5) is 23.2. The van der Waals surface area contributed by atoms with Crippen molar-refractivity contribution in [3.8, 4) is 0 Å². The lowest BCUT2D eigenvalue weighted by atomic mass is 9.96. The Bertz CT molecular complexity index is 269. The zero-order chi connectivity index (χ0) is 15.1. The van der Waals surface area contributed by atoms with Crippen LogP contribution in [0.4, 0.5) is 0 Å². The normalized spacial score (nSPS) is 14.6. The minimum atomic E-state index is -0.355. The molecule has 2 unspecified atom stereocenters. The maximum Gasteiger partial charge on any atom is 0.308 e. The second-order valence-electron chi connectivity index (χ2n) is 6.00. The molecule has 0 radical (unpaired) electrons. The van der Waals surface area contributed by atoms with Gasteiger partial charge in [0.05, 0.1) is 25.0 Å². The second kappa shape index (κ2) is 8.18. The molecule has 0 aromatic carbocycles. The summed E-state index contributed by atoms with van der Waals surface area (Å²) in [5.41, 5.74) is -0.355. The summed E-state index contributed by atoms with van der Waals surface area (Å²) in [7, 11) is 0. The molecule has 4 nitrogen and oxygen atoms in total. The predicted molar refractivity (Wildman–Crippen MR) is 74.6 cm³/mol. The van der Waals surface area contributed by atoms with Crippen molar-refractivity contribution >= 4 is 11.9 Å². The SMILES string of the molecule is CCC(C)C(=O)OCC(C)(C)COC(=O)C(C)CC. The summed E-state index contributed by atoms with van der Waals surface area (Å²) < 4.78 is 10.5. The third kappa shape index (κ3) is 7.19. The monoisotopic (exact) mass is 272 g/mol. The van der Waals surface area contributed by atoms with Crippen LogP contribution in [0.15, 0.2) is 0 Å². The van der Waals surface area contributed by atoms with Crippen molar-refractivity contribution in [1.82, 2.24) is 0 Å². The lowest BCUT2D eigenvalue weighted by molar-refractivity contribution is -0.157. The number of hydrogen-bond acceptors (Lipinski definition) is 4. The average molecular weight is 272 g/mol. The Balaban J connectivity index is 4.12. The maximum absolute atomic E-state index is 11.6. The van der Waals surface area contributed by atoms with Gasteiger partial charge in [0.1, 0.15) is 0 Å². The van der Waals surface area contributed by atoms with Crippen molar-refractivity contribution in [1.29, 1.82) is 0 Å². The maximum atomic E-state index is 11.6. The van der Waals surface area contributed by atoms with Crippen molar-refractivity contribution in [3.05, 3.63) is 0 Å². The van der Waals surface area contributed by atoms with Gasteiger partial charge in [0.25, 0.3) is 0 Å². The van der Waals surface area contributed by atoms with Crippen LogP contribution in [0, 0.1) is 17.3 Å². The summed E-state index contributed by atoms with van der Waals surface area (Å²) >= 11 is 0. The minimum Gasteiger partial charge on any atom is -0.465 e. The molecule has 112 valence electrons. The highest BCUT2D eigenvalue weighted by molar-refractivity contribution is 5.72. The zero-order valence-corrected chi connectivity index (χ0v) is 13.1. The van der Waals surface area contributed by atoms with E-state index in [1.54, 1.807) is 0 Å². The molecule has 0 spiro atoms. The van der Waals surface area contributed by atoms with Gasteiger partial charge in [0.15, 0.2) is 0 Å². The van der Waals surface area contributed by atoms with Crippen LogP contribution >= 0.6 is 0 Å². The van der Waals surface area contributed by atoms with Crippen molar-refractivity contribution in [3.63, 3.8) is 0 Å². The van der Waals surface area contributed by atoms with Crippen molar-refractivity contribution in [2.45, 2.75) is 54.4 Å². The van der Waals surface area contributed by atoms with Crippen LogP contribution in [0.3, 0.4) is 0 Å². The van der Waals surface area contributed by atoms with E-state index in [4.69, 9.17) is 9.47 Å². The van der Waals surface area contributed by atoms with Crippen molar-refractivity contribution in [2.75, 3.05) is 13.2 Å². The summed E-state index contributed by atoms with van der Waals surface area (Å²) in [6.45, 7) is 12.0. The first-order chi connectivity index (χ1) is 8.73. The Morgan fingerprint density at radius 2 is 1.21 bits per heavy atom. The van der Waals surface area contributed by atoms with E-state index < -0.39 is 0 Å². The van der Waals surface area contributed by atoms with Crippen LogP contribution < -0.4 is 0 Å². The topological polar surface area (TPSA) is 52.6 Å². The van der Waals surface area contributed by atoms with Gasteiger partial charge < -0.3 is 9.47 Å². The first-order valence-corrected chi connectivity index (χ1v) is 7.06. The number of hydrogen-bond donors (Lipinski definition) is 0. The number of ether oxygens (including phenoxy) is 2. The van der Waals surface area contributed by atoms with Crippen LogP contribution in [0.25, 0.3) is 0 Å². The van der Waals surface area contributed by atoms with Crippen LogP contribution in [0.1, 0.15) is 54.4 Å². The van der Waals surface area contributed by atoms with Crippen molar-refractivity contribution in [2.24, 2.45) is 17.3 Å². The molecule has 0 rings (SSSR count). The summed E-state index contributed by atoms with van der Waals surface area (Å²) in [5.74, 6) is -0.551. The highest BCUT2D eigenvalue weighted by Crippen LogP contribution is 2.18. The molecule has 0 aromatic heterocycles. The van der Waals surface area contributed by atoms with E-state index in [0.29, 0.717) is 0 Å². The lowest BCUT2D eigenvalue weighted by Gasteiger charge is -2.25. The van der Waals surface area contributed by atoms with Crippen LogP contribution in [0.5, 0.6) is 0 Å². The molecule has 0 aliphatic carbocycles. The van der Waals surface area contributed by atoms with Gasteiger partial charge in [0, 0.05) is 5.41 Å². The van der Waals surface area contributed by atoms with Gasteiger partial charge in [-0.25, -0.2) is 0 Å². The van der Waals surface area contributed by atoms with E-state index in [9.17, 15) is 9.59 Å². The molecule has 0 heterocycles. The van der Waals surface area contributed by atoms with Crippen LogP contribution in [-0.2, 0) is 19.1 Å². The molecule has 0 bridgehead atoms. The quantitative estimate of drug-likeness (QED) is 0.637. The molecule has 0 N–H and O–H groups in total. The summed E-state index contributed by atoms with van der Waals surface area (Å²) in [6.07, 6.45) is 1.53. The smallest absolute Gasteiger partial charge is 0.308 e. The Labute approximate surface area is 116 Å². The zero-order valence-electron chi connectivity index (χ0n) is 13.1. The molecule has 4 heteroatoms. The van der Waals surface area contributed by atoms with E-state index in [1.165, 1.54) is 0 Å². The summed E-state index contributed by atoms with van der Waals surface area (Å²) in [6, 6.07) is 0. The molecule has 2 atom stereocenters. The first kappa shape index (κ1) is 17.9. The van der Waals surface area contributed by atoms with E-state index >= 15 is 0 Å². The largest absolute Gasteiger partial charge is 0.465 e. The highest BCUT2D eigenvalue weighted by Gasteiger charge is 2.25. The first-order valence-electron chi connectivity index (χ1n) is 7.06. The lowest BCUT2D eigenvalue weighted by Crippen LogP contribution is -2.30. The van der Waals surface area contributed by atoms with E-state index in [1.807, 2.05) is 41.5 Å². The van der Waals surface area contributed by atoms with Crippen LogP contribution in [0.2, 0.25) is 0 Å². The van der Waals surface area contributed by atoms with Crippen molar-refractivity contribution < 1.29 is 19.1 Å². The predicted octanol–water partition coefficient (Wildman–Crippen LogP) is 3.19. The molecule has 0 aliphatic rings. The molecule has 0 saturated heterocycles. The van der Waals surface area contributed by atoms with Gasteiger partial charge >= 0.3 is 11.9 Å². The number of carbonyl (C=O) groups is 2. The Kier molecular flexibility index (Phi) is 7.72. The van der Waals surface area contributed by atoms with E-state index in [0.717, 1.165) is 12.8 Å². The molecule has 0 aliphatic heterocycles.